The van der Waals surface area contributed by atoms with Gasteiger partial charge in [-0.05, 0) is 31.2 Å². The van der Waals surface area contributed by atoms with E-state index in [1.165, 1.54) is 0 Å². The van der Waals surface area contributed by atoms with Crippen LogP contribution in [-0.4, -0.2) is 19.9 Å². The fourth-order valence-electron chi connectivity index (χ4n) is 2.26. The van der Waals surface area contributed by atoms with Crippen molar-refractivity contribution in [2.45, 2.75) is 13.5 Å². The Morgan fingerprint density at radius 3 is 2.90 bits per heavy atom. The number of rotatable bonds is 3. The summed E-state index contributed by atoms with van der Waals surface area (Å²) in [5, 5.41) is 14.7. The van der Waals surface area contributed by atoms with Gasteiger partial charge in [-0.1, -0.05) is 6.07 Å². The topological polar surface area (TPSA) is 60.2 Å². The number of ether oxygens (including phenoxy) is 1. The first kappa shape index (κ1) is 12.6. The van der Waals surface area contributed by atoms with Crippen molar-refractivity contribution in [2.24, 2.45) is 7.05 Å². The Morgan fingerprint density at radius 1 is 1.25 bits per heavy atom. The lowest BCUT2D eigenvalue weighted by Crippen LogP contribution is -1.97. The first-order chi connectivity index (χ1) is 9.70. The molecule has 2 aromatic heterocycles. The molecule has 0 spiro atoms. The molecule has 0 aliphatic carbocycles. The summed E-state index contributed by atoms with van der Waals surface area (Å²) in [7, 11) is 1.80. The number of benzene rings is 1. The molecule has 0 fully saturated rings. The molecule has 0 bridgehead atoms. The van der Waals surface area contributed by atoms with Gasteiger partial charge < -0.3 is 9.84 Å². The summed E-state index contributed by atoms with van der Waals surface area (Å²) in [4.78, 5) is 4.30. The molecule has 0 saturated heterocycles. The van der Waals surface area contributed by atoms with Gasteiger partial charge in [-0.3, -0.25) is 4.98 Å². The SMILES string of the molecule is Cc1nn(C)c(Oc2cccc3ncccc23)c1CO. The van der Waals surface area contributed by atoms with Crippen molar-refractivity contribution in [1.82, 2.24) is 14.8 Å². The summed E-state index contributed by atoms with van der Waals surface area (Å²) in [5.41, 5.74) is 2.34. The number of hydrogen-bond acceptors (Lipinski definition) is 4. The van der Waals surface area contributed by atoms with Crippen LogP contribution in [0.3, 0.4) is 0 Å². The van der Waals surface area contributed by atoms with Crippen molar-refractivity contribution in [3.8, 4) is 11.6 Å². The molecule has 3 aromatic rings. The molecule has 0 amide bonds. The van der Waals surface area contributed by atoms with Crippen LogP contribution in [0.4, 0.5) is 0 Å². The fourth-order valence-corrected chi connectivity index (χ4v) is 2.26. The van der Waals surface area contributed by atoms with E-state index in [0.717, 1.165) is 16.6 Å². The molecular formula is C15H15N3O2. The number of pyridine rings is 1. The predicted molar refractivity (Wildman–Crippen MR) is 75.7 cm³/mol. The number of nitrogens with zero attached hydrogens (tertiary/aromatic N) is 3. The molecule has 1 N–H and O–H groups in total. The fraction of sp³-hybridized carbons (Fsp3) is 0.200. The lowest BCUT2D eigenvalue weighted by atomic mass is 10.2. The van der Waals surface area contributed by atoms with Gasteiger partial charge >= 0.3 is 0 Å². The van der Waals surface area contributed by atoms with Crippen LogP contribution in [0, 0.1) is 6.92 Å². The number of fused-ring (bicyclic) bond motifs is 1. The van der Waals surface area contributed by atoms with E-state index in [2.05, 4.69) is 10.1 Å². The summed E-state index contributed by atoms with van der Waals surface area (Å²) in [6, 6.07) is 9.54. The van der Waals surface area contributed by atoms with Gasteiger partial charge in [0.25, 0.3) is 0 Å². The Kier molecular flexibility index (Phi) is 3.12. The second-order valence-electron chi connectivity index (χ2n) is 4.58. The van der Waals surface area contributed by atoms with Crippen LogP contribution in [0.2, 0.25) is 0 Å². The Hall–Kier alpha value is -2.40. The Morgan fingerprint density at radius 2 is 2.10 bits per heavy atom. The standard InChI is InChI=1S/C15H15N3O2/c1-10-12(9-19)15(18(2)17-10)20-14-7-3-6-13-11(14)5-4-8-16-13/h3-8,19H,9H2,1-2H3. The van der Waals surface area contributed by atoms with Crippen LogP contribution in [0.5, 0.6) is 11.6 Å². The van der Waals surface area contributed by atoms with Crippen LogP contribution in [0.25, 0.3) is 10.9 Å². The normalized spacial score (nSPS) is 10.9. The van der Waals surface area contributed by atoms with Crippen LogP contribution < -0.4 is 4.74 Å². The molecule has 0 saturated carbocycles. The minimum atomic E-state index is -0.0992. The maximum absolute atomic E-state index is 9.46. The molecule has 0 aliphatic rings. The summed E-state index contributed by atoms with van der Waals surface area (Å²) < 4.78 is 7.60. The van der Waals surface area contributed by atoms with Crippen LogP contribution in [-0.2, 0) is 13.7 Å². The van der Waals surface area contributed by atoms with Crippen molar-refractivity contribution in [1.29, 1.82) is 0 Å². The average Bonchev–Trinajstić information content (AvgIpc) is 2.73. The molecule has 20 heavy (non-hydrogen) atoms. The molecule has 0 aliphatic heterocycles. The van der Waals surface area contributed by atoms with Crippen molar-refractivity contribution < 1.29 is 9.84 Å². The Balaban J connectivity index is 2.10. The Bertz CT molecular complexity index is 760. The highest BCUT2D eigenvalue weighted by Gasteiger charge is 2.15. The van der Waals surface area contributed by atoms with Gasteiger partial charge in [0.1, 0.15) is 5.75 Å². The van der Waals surface area contributed by atoms with Gasteiger partial charge in [0, 0.05) is 18.6 Å². The highest BCUT2D eigenvalue weighted by molar-refractivity contribution is 5.85. The van der Waals surface area contributed by atoms with Crippen molar-refractivity contribution >= 4 is 10.9 Å². The molecule has 3 rings (SSSR count). The van der Waals surface area contributed by atoms with Crippen LogP contribution in [0.1, 0.15) is 11.3 Å². The molecule has 0 atom stereocenters. The third-order valence-corrected chi connectivity index (χ3v) is 3.26. The van der Waals surface area contributed by atoms with E-state index >= 15 is 0 Å². The third kappa shape index (κ3) is 2.02. The predicted octanol–water partition coefficient (Wildman–Crippen LogP) is 2.56. The minimum Gasteiger partial charge on any atom is -0.438 e. The minimum absolute atomic E-state index is 0.0992. The molecule has 1 aromatic carbocycles. The molecule has 5 heteroatoms. The van der Waals surface area contributed by atoms with E-state index in [1.54, 1.807) is 17.9 Å². The van der Waals surface area contributed by atoms with Gasteiger partial charge in [-0.15, -0.1) is 0 Å². The first-order valence-electron chi connectivity index (χ1n) is 6.35. The van der Waals surface area contributed by atoms with Crippen LogP contribution in [0.15, 0.2) is 36.5 Å². The zero-order valence-electron chi connectivity index (χ0n) is 11.4. The highest BCUT2D eigenvalue weighted by Crippen LogP contribution is 2.31. The number of aromatic nitrogens is 3. The third-order valence-electron chi connectivity index (χ3n) is 3.26. The van der Waals surface area contributed by atoms with E-state index < -0.39 is 0 Å². The van der Waals surface area contributed by atoms with Gasteiger partial charge in [0.2, 0.25) is 5.88 Å². The van der Waals surface area contributed by atoms with Gasteiger partial charge in [0.05, 0.1) is 23.4 Å². The van der Waals surface area contributed by atoms with Gasteiger partial charge in [0.15, 0.2) is 0 Å². The maximum atomic E-state index is 9.46. The molecule has 0 unspecified atom stereocenters. The quantitative estimate of drug-likeness (QED) is 0.793. The van der Waals surface area contributed by atoms with E-state index in [0.29, 0.717) is 17.2 Å². The van der Waals surface area contributed by atoms with E-state index in [9.17, 15) is 5.11 Å². The zero-order valence-corrected chi connectivity index (χ0v) is 11.4. The lowest BCUT2D eigenvalue weighted by Gasteiger charge is -2.10. The molecule has 2 heterocycles. The average molecular weight is 269 g/mol. The number of aliphatic hydroxyl groups excluding tert-OH is 1. The Labute approximate surface area is 116 Å². The summed E-state index contributed by atoms with van der Waals surface area (Å²) >= 11 is 0. The van der Waals surface area contributed by atoms with Gasteiger partial charge in [-0.25, -0.2) is 4.68 Å². The highest BCUT2D eigenvalue weighted by atomic mass is 16.5. The number of hydrogen-bond donors (Lipinski definition) is 1. The first-order valence-corrected chi connectivity index (χ1v) is 6.35. The second kappa shape index (κ2) is 4.94. The smallest absolute Gasteiger partial charge is 0.223 e. The largest absolute Gasteiger partial charge is 0.438 e. The summed E-state index contributed by atoms with van der Waals surface area (Å²) in [6.07, 6.45) is 1.75. The summed E-state index contributed by atoms with van der Waals surface area (Å²) in [5.74, 6) is 1.26. The summed E-state index contributed by atoms with van der Waals surface area (Å²) in [6.45, 7) is 1.75. The van der Waals surface area contributed by atoms with E-state index in [1.807, 2.05) is 37.3 Å². The maximum Gasteiger partial charge on any atom is 0.223 e. The second-order valence-corrected chi connectivity index (χ2v) is 4.58. The van der Waals surface area contributed by atoms with Gasteiger partial charge in [-0.2, -0.15) is 5.10 Å². The van der Waals surface area contributed by atoms with E-state index in [-0.39, 0.29) is 6.61 Å². The number of aliphatic hydroxyl groups is 1. The lowest BCUT2D eigenvalue weighted by molar-refractivity contribution is 0.274. The molecule has 5 nitrogen and oxygen atoms in total. The zero-order chi connectivity index (χ0) is 14.1. The van der Waals surface area contributed by atoms with Crippen LogP contribution >= 0.6 is 0 Å². The molecular weight excluding hydrogens is 254 g/mol. The molecule has 102 valence electrons. The monoisotopic (exact) mass is 269 g/mol. The van der Waals surface area contributed by atoms with E-state index in [4.69, 9.17) is 4.74 Å². The van der Waals surface area contributed by atoms with Crippen molar-refractivity contribution in [3.63, 3.8) is 0 Å². The van der Waals surface area contributed by atoms with Crippen molar-refractivity contribution in [3.05, 3.63) is 47.8 Å². The van der Waals surface area contributed by atoms with Crippen molar-refractivity contribution in [2.75, 3.05) is 0 Å². The number of aryl methyl sites for hydroxylation is 2. The molecule has 0 radical (unpaired) electrons.